The number of amides is 2. The van der Waals surface area contributed by atoms with Crippen molar-refractivity contribution in [2.45, 2.75) is 6.54 Å². The monoisotopic (exact) mass is 305 g/mol. The van der Waals surface area contributed by atoms with Crippen molar-refractivity contribution in [3.05, 3.63) is 36.2 Å². The Hall–Kier alpha value is -1.86. The Morgan fingerprint density at radius 2 is 2.14 bits per heavy atom. The minimum absolute atomic E-state index is 0.00621. The van der Waals surface area contributed by atoms with Crippen LogP contribution >= 0.6 is 11.3 Å². The average Bonchev–Trinajstić information content (AvgIpc) is 3.19. The number of anilines is 1. The van der Waals surface area contributed by atoms with Gasteiger partial charge in [-0.15, -0.1) is 11.3 Å². The van der Waals surface area contributed by atoms with E-state index in [0.29, 0.717) is 0 Å². The van der Waals surface area contributed by atoms with E-state index in [9.17, 15) is 4.79 Å². The molecule has 0 aromatic carbocycles. The second-order valence-electron chi connectivity index (χ2n) is 5.04. The van der Waals surface area contributed by atoms with Gasteiger partial charge < -0.3 is 9.47 Å². The van der Waals surface area contributed by atoms with E-state index < -0.39 is 0 Å². The molecule has 1 fully saturated rings. The lowest BCUT2D eigenvalue weighted by Gasteiger charge is -2.34. The number of imidazole rings is 1. The van der Waals surface area contributed by atoms with Gasteiger partial charge in [0, 0.05) is 51.7 Å². The summed E-state index contributed by atoms with van der Waals surface area (Å²) in [6.07, 6.45) is 5.61. The van der Waals surface area contributed by atoms with Crippen molar-refractivity contribution in [2.75, 3.05) is 38.0 Å². The van der Waals surface area contributed by atoms with Crippen LogP contribution < -0.4 is 5.32 Å². The number of piperazine rings is 1. The molecule has 2 amide bonds. The van der Waals surface area contributed by atoms with Crippen molar-refractivity contribution in [1.29, 1.82) is 0 Å². The van der Waals surface area contributed by atoms with Crippen LogP contribution in [0.2, 0.25) is 0 Å². The molecule has 0 bridgehead atoms. The molecule has 0 saturated carbocycles. The molecule has 0 aliphatic carbocycles. The summed E-state index contributed by atoms with van der Waals surface area (Å²) in [5, 5.41) is 5.80. The molecule has 21 heavy (non-hydrogen) atoms. The van der Waals surface area contributed by atoms with Crippen LogP contribution in [0.3, 0.4) is 0 Å². The third-order valence-electron chi connectivity index (χ3n) is 3.64. The zero-order valence-electron chi connectivity index (χ0n) is 11.8. The summed E-state index contributed by atoms with van der Waals surface area (Å²) in [5.41, 5.74) is 0. The summed E-state index contributed by atoms with van der Waals surface area (Å²) in [6.45, 7) is 5.35. The Bertz CT molecular complexity index is 546. The molecule has 2 aromatic heterocycles. The van der Waals surface area contributed by atoms with Crippen LogP contribution in [-0.2, 0) is 6.54 Å². The van der Waals surface area contributed by atoms with Crippen molar-refractivity contribution in [2.24, 2.45) is 0 Å². The normalized spacial score (nSPS) is 16.1. The maximum Gasteiger partial charge on any atom is 0.322 e. The SMILES string of the molecule is O=C(Nc1cccs1)N1CCN(CCn2ccnc2)CC1. The van der Waals surface area contributed by atoms with Crippen molar-refractivity contribution >= 4 is 22.4 Å². The topological polar surface area (TPSA) is 53.4 Å². The minimum atomic E-state index is 0.00621. The Kier molecular flexibility index (Phi) is 4.52. The molecular weight excluding hydrogens is 286 g/mol. The van der Waals surface area contributed by atoms with Gasteiger partial charge >= 0.3 is 6.03 Å². The molecule has 0 unspecified atom stereocenters. The van der Waals surface area contributed by atoms with E-state index in [-0.39, 0.29) is 6.03 Å². The van der Waals surface area contributed by atoms with Gasteiger partial charge in [-0.3, -0.25) is 10.2 Å². The maximum absolute atomic E-state index is 12.1. The summed E-state index contributed by atoms with van der Waals surface area (Å²) in [4.78, 5) is 20.4. The molecule has 1 N–H and O–H groups in total. The van der Waals surface area contributed by atoms with Gasteiger partial charge in [0.1, 0.15) is 0 Å². The molecule has 2 aromatic rings. The van der Waals surface area contributed by atoms with Crippen molar-refractivity contribution < 1.29 is 4.79 Å². The summed E-state index contributed by atoms with van der Waals surface area (Å²) in [5.74, 6) is 0. The zero-order chi connectivity index (χ0) is 14.5. The number of nitrogens with one attached hydrogen (secondary N) is 1. The van der Waals surface area contributed by atoms with Crippen LogP contribution in [0.1, 0.15) is 0 Å². The lowest BCUT2D eigenvalue weighted by Crippen LogP contribution is -2.50. The Morgan fingerprint density at radius 3 is 2.81 bits per heavy atom. The predicted octanol–water partition coefficient (Wildman–Crippen LogP) is 1.79. The number of rotatable bonds is 4. The third-order valence-corrected chi connectivity index (χ3v) is 4.43. The van der Waals surface area contributed by atoms with E-state index in [4.69, 9.17) is 0 Å². The van der Waals surface area contributed by atoms with Gasteiger partial charge in [-0.25, -0.2) is 9.78 Å². The summed E-state index contributed by atoms with van der Waals surface area (Å²) >= 11 is 1.54. The van der Waals surface area contributed by atoms with E-state index >= 15 is 0 Å². The number of carbonyl (C=O) groups is 1. The number of aromatic nitrogens is 2. The van der Waals surface area contributed by atoms with Crippen LogP contribution in [0, 0.1) is 0 Å². The predicted molar refractivity (Wildman–Crippen MR) is 83.6 cm³/mol. The highest BCUT2D eigenvalue weighted by Gasteiger charge is 2.20. The van der Waals surface area contributed by atoms with Crippen molar-refractivity contribution in [1.82, 2.24) is 19.4 Å². The highest BCUT2D eigenvalue weighted by atomic mass is 32.1. The lowest BCUT2D eigenvalue weighted by atomic mass is 10.3. The molecular formula is C14H19N5OS. The minimum Gasteiger partial charge on any atom is -0.336 e. The molecule has 0 radical (unpaired) electrons. The molecule has 1 saturated heterocycles. The van der Waals surface area contributed by atoms with E-state index in [1.807, 2.05) is 34.9 Å². The van der Waals surface area contributed by atoms with Gasteiger partial charge in [-0.1, -0.05) is 0 Å². The van der Waals surface area contributed by atoms with Gasteiger partial charge in [0.2, 0.25) is 0 Å². The molecule has 112 valence electrons. The van der Waals surface area contributed by atoms with Gasteiger partial charge in [0.15, 0.2) is 0 Å². The summed E-state index contributed by atoms with van der Waals surface area (Å²) in [6, 6.07) is 3.87. The van der Waals surface area contributed by atoms with Crippen LogP contribution in [0.4, 0.5) is 9.80 Å². The van der Waals surface area contributed by atoms with Crippen molar-refractivity contribution in [3.8, 4) is 0 Å². The zero-order valence-corrected chi connectivity index (χ0v) is 12.6. The smallest absolute Gasteiger partial charge is 0.322 e. The molecule has 3 heterocycles. The van der Waals surface area contributed by atoms with E-state index in [2.05, 4.69) is 19.8 Å². The number of hydrogen-bond donors (Lipinski definition) is 1. The van der Waals surface area contributed by atoms with Crippen LogP contribution in [-0.4, -0.2) is 58.1 Å². The molecule has 1 aliphatic rings. The molecule has 3 rings (SSSR count). The first-order valence-corrected chi connectivity index (χ1v) is 7.97. The fourth-order valence-corrected chi connectivity index (χ4v) is 2.99. The van der Waals surface area contributed by atoms with E-state index in [1.165, 1.54) is 0 Å². The average molecular weight is 305 g/mol. The number of nitrogens with zero attached hydrogens (tertiary/aromatic N) is 4. The molecule has 6 nitrogen and oxygen atoms in total. The molecule has 0 atom stereocenters. The van der Waals surface area contributed by atoms with Crippen LogP contribution in [0.25, 0.3) is 0 Å². The van der Waals surface area contributed by atoms with E-state index in [0.717, 1.165) is 44.3 Å². The molecule has 1 aliphatic heterocycles. The van der Waals surface area contributed by atoms with Gasteiger partial charge in [0.05, 0.1) is 11.3 Å². The Balaban J connectivity index is 1.41. The number of carbonyl (C=O) groups excluding carboxylic acids is 1. The third kappa shape index (κ3) is 3.83. The maximum atomic E-state index is 12.1. The summed E-state index contributed by atoms with van der Waals surface area (Å²) < 4.78 is 2.08. The number of hydrogen-bond acceptors (Lipinski definition) is 4. The Morgan fingerprint density at radius 1 is 1.29 bits per heavy atom. The number of thiophene rings is 1. The summed E-state index contributed by atoms with van der Waals surface area (Å²) in [7, 11) is 0. The fraction of sp³-hybridized carbons (Fsp3) is 0.429. The highest BCUT2D eigenvalue weighted by Crippen LogP contribution is 2.16. The molecule has 0 spiro atoms. The van der Waals surface area contributed by atoms with Crippen molar-refractivity contribution in [3.63, 3.8) is 0 Å². The lowest BCUT2D eigenvalue weighted by molar-refractivity contribution is 0.144. The van der Waals surface area contributed by atoms with Gasteiger partial charge in [0.25, 0.3) is 0 Å². The molecule has 7 heteroatoms. The van der Waals surface area contributed by atoms with Crippen LogP contribution in [0.5, 0.6) is 0 Å². The second kappa shape index (κ2) is 6.73. The Labute approximate surface area is 128 Å². The first-order valence-electron chi connectivity index (χ1n) is 7.09. The highest BCUT2D eigenvalue weighted by molar-refractivity contribution is 7.14. The quantitative estimate of drug-likeness (QED) is 0.937. The standard InChI is InChI=1S/C14H19N5OS/c20-14(16-13-2-1-11-21-13)19-9-7-17(8-10-19)5-6-18-4-3-15-12-18/h1-4,11-12H,5-10H2,(H,16,20). The second-order valence-corrected chi connectivity index (χ2v) is 5.98. The van der Waals surface area contributed by atoms with Gasteiger partial charge in [-0.05, 0) is 17.5 Å². The first-order chi connectivity index (χ1) is 10.3. The van der Waals surface area contributed by atoms with E-state index in [1.54, 1.807) is 17.5 Å². The van der Waals surface area contributed by atoms with Gasteiger partial charge in [-0.2, -0.15) is 0 Å². The van der Waals surface area contributed by atoms with Crippen LogP contribution in [0.15, 0.2) is 36.2 Å². The number of urea groups is 1. The fourth-order valence-electron chi connectivity index (χ4n) is 2.38. The largest absolute Gasteiger partial charge is 0.336 e. The first kappa shape index (κ1) is 14.1.